The predicted octanol–water partition coefficient (Wildman–Crippen LogP) is 2.18. The second-order valence-electron chi connectivity index (χ2n) is 4.67. The molecule has 1 rings (SSSR count). The summed E-state index contributed by atoms with van der Waals surface area (Å²) in [6.07, 6.45) is 0.814. The normalized spacial score (nSPS) is 13.4. The summed E-state index contributed by atoms with van der Waals surface area (Å²) in [7, 11) is 0. The lowest BCUT2D eigenvalue weighted by Crippen LogP contribution is -2.40. The average Bonchev–Trinajstić information content (AvgIpc) is 2.46. The molecule has 0 aliphatic heterocycles. The Kier molecular flexibility index (Phi) is 6.18. The zero-order chi connectivity index (χ0) is 15.1. The van der Waals surface area contributed by atoms with Crippen LogP contribution in [0.25, 0.3) is 0 Å². The first kappa shape index (κ1) is 16.2. The summed E-state index contributed by atoms with van der Waals surface area (Å²) < 4.78 is 4.96. The fourth-order valence-electron chi connectivity index (χ4n) is 1.71. The number of rotatable bonds is 6. The third-order valence-corrected chi connectivity index (χ3v) is 3.24. The highest BCUT2D eigenvalue weighted by molar-refractivity contribution is 6.02. The minimum atomic E-state index is -0.602. The van der Waals surface area contributed by atoms with Gasteiger partial charge < -0.3 is 15.8 Å². The average molecular weight is 278 g/mol. The minimum absolute atomic E-state index is 0.0738. The van der Waals surface area contributed by atoms with E-state index in [2.05, 4.69) is 5.32 Å². The van der Waals surface area contributed by atoms with E-state index in [0.29, 0.717) is 11.3 Å². The zero-order valence-electron chi connectivity index (χ0n) is 12.2. The number of hydrogen-bond acceptors (Lipinski definition) is 4. The molecule has 3 N–H and O–H groups in total. The van der Waals surface area contributed by atoms with Gasteiger partial charge >= 0.3 is 5.97 Å². The third-order valence-electron chi connectivity index (χ3n) is 3.24. The van der Waals surface area contributed by atoms with Gasteiger partial charge in [-0.1, -0.05) is 32.4 Å². The number of benzene rings is 1. The van der Waals surface area contributed by atoms with Crippen molar-refractivity contribution in [1.82, 2.24) is 0 Å². The maximum atomic E-state index is 12.1. The standard InChI is InChI=1S/C15H22N2O3/c1-4-10(3)13(16)14(18)17-12-9-7-6-8-11(12)15(19)20-5-2/h6-10,13H,4-5,16H2,1-3H3,(H,17,18)/t10?,13-/m0/s1. The van der Waals surface area contributed by atoms with E-state index in [4.69, 9.17) is 10.5 Å². The Balaban J connectivity index is 2.87. The van der Waals surface area contributed by atoms with E-state index in [9.17, 15) is 9.59 Å². The first-order chi connectivity index (χ1) is 9.51. The number of carbonyl (C=O) groups is 2. The molecule has 20 heavy (non-hydrogen) atoms. The van der Waals surface area contributed by atoms with Crippen LogP contribution in [0.2, 0.25) is 0 Å². The molecule has 1 amide bonds. The Hall–Kier alpha value is -1.88. The number of carbonyl (C=O) groups excluding carboxylic acids is 2. The largest absolute Gasteiger partial charge is 0.462 e. The molecule has 0 radical (unpaired) electrons. The van der Waals surface area contributed by atoms with Crippen molar-refractivity contribution < 1.29 is 14.3 Å². The summed E-state index contributed by atoms with van der Waals surface area (Å²) in [5.41, 5.74) is 6.63. The van der Waals surface area contributed by atoms with Crippen LogP contribution in [0.4, 0.5) is 5.69 Å². The van der Waals surface area contributed by atoms with Gasteiger partial charge in [-0.3, -0.25) is 4.79 Å². The highest BCUT2D eigenvalue weighted by atomic mass is 16.5. The Morgan fingerprint density at radius 1 is 1.30 bits per heavy atom. The quantitative estimate of drug-likeness (QED) is 0.781. The van der Waals surface area contributed by atoms with Gasteiger partial charge in [0.15, 0.2) is 0 Å². The van der Waals surface area contributed by atoms with Gasteiger partial charge in [-0.05, 0) is 25.0 Å². The Labute approximate surface area is 119 Å². The topological polar surface area (TPSA) is 81.4 Å². The smallest absolute Gasteiger partial charge is 0.340 e. The van der Waals surface area contributed by atoms with Crippen LogP contribution >= 0.6 is 0 Å². The number of ether oxygens (including phenoxy) is 1. The van der Waals surface area contributed by atoms with Crippen molar-refractivity contribution in [2.24, 2.45) is 11.7 Å². The van der Waals surface area contributed by atoms with E-state index in [1.165, 1.54) is 0 Å². The molecule has 0 aliphatic rings. The van der Waals surface area contributed by atoms with Gasteiger partial charge in [0, 0.05) is 0 Å². The van der Waals surface area contributed by atoms with E-state index < -0.39 is 12.0 Å². The van der Waals surface area contributed by atoms with Crippen molar-refractivity contribution in [3.63, 3.8) is 0 Å². The summed E-state index contributed by atoms with van der Waals surface area (Å²) in [6, 6.07) is 6.13. The van der Waals surface area contributed by atoms with Crippen LogP contribution in [0.3, 0.4) is 0 Å². The molecule has 2 atom stereocenters. The Morgan fingerprint density at radius 2 is 1.95 bits per heavy atom. The van der Waals surface area contributed by atoms with Crippen LogP contribution in [0.5, 0.6) is 0 Å². The highest BCUT2D eigenvalue weighted by Gasteiger charge is 2.21. The highest BCUT2D eigenvalue weighted by Crippen LogP contribution is 2.17. The van der Waals surface area contributed by atoms with Crippen LogP contribution in [0.15, 0.2) is 24.3 Å². The van der Waals surface area contributed by atoms with E-state index in [-0.39, 0.29) is 18.4 Å². The monoisotopic (exact) mass is 278 g/mol. The van der Waals surface area contributed by atoms with Crippen LogP contribution in [0, 0.1) is 5.92 Å². The molecule has 0 spiro atoms. The SMILES string of the molecule is CCOC(=O)c1ccccc1NC(=O)[C@@H](N)C(C)CC. The molecule has 1 unspecified atom stereocenters. The number of anilines is 1. The second-order valence-corrected chi connectivity index (χ2v) is 4.67. The summed E-state index contributed by atoms with van der Waals surface area (Å²) in [5, 5.41) is 2.70. The first-order valence-electron chi connectivity index (χ1n) is 6.83. The number of amides is 1. The molecule has 0 saturated heterocycles. The summed E-state index contributed by atoms with van der Waals surface area (Å²) in [6.45, 7) is 5.91. The van der Waals surface area contributed by atoms with Gasteiger partial charge in [-0.15, -0.1) is 0 Å². The van der Waals surface area contributed by atoms with E-state index in [1.807, 2.05) is 13.8 Å². The fraction of sp³-hybridized carbons (Fsp3) is 0.467. The minimum Gasteiger partial charge on any atom is -0.462 e. The molecular weight excluding hydrogens is 256 g/mol. The van der Waals surface area contributed by atoms with Crippen molar-refractivity contribution in [3.8, 4) is 0 Å². The predicted molar refractivity (Wildman–Crippen MR) is 78.5 cm³/mol. The van der Waals surface area contributed by atoms with E-state index >= 15 is 0 Å². The maximum Gasteiger partial charge on any atom is 0.340 e. The fourth-order valence-corrected chi connectivity index (χ4v) is 1.71. The van der Waals surface area contributed by atoms with Crippen LogP contribution in [0.1, 0.15) is 37.6 Å². The molecule has 110 valence electrons. The molecule has 0 fully saturated rings. The van der Waals surface area contributed by atoms with Crippen molar-refractivity contribution >= 4 is 17.6 Å². The van der Waals surface area contributed by atoms with Gasteiger partial charge in [-0.2, -0.15) is 0 Å². The summed E-state index contributed by atoms with van der Waals surface area (Å²) in [4.78, 5) is 23.9. The Morgan fingerprint density at radius 3 is 2.55 bits per heavy atom. The number of esters is 1. The number of nitrogens with two attached hydrogens (primary N) is 1. The molecular formula is C15H22N2O3. The molecule has 1 aromatic carbocycles. The molecule has 0 aliphatic carbocycles. The molecule has 0 saturated carbocycles. The first-order valence-corrected chi connectivity index (χ1v) is 6.83. The van der Waals surface area contributed by atoms with Gasteiger partial charge in [0.1, 0.15) is 0 Å². The molecule has 5 heteroatoms. The lowest BCUT2D eigenvalue weighted by atomic mass is 9.99. The molecule has 0 bridgehead atoms. The maximum absolute atomic E-state index is 12.1. The lowest BCUT2D eigenvalue weighted by molar-refractivity contribution is -0.118. The summed E-state index contributed by atoms with van der Waals surface area (Å²) >= 11 is 0. The number of nitrogens with one attached hydrogen (secondary N) is 1. The third kappa shape index (κ3) is 4.06. The van der Waals surface area contributed by atoms with E-state index in [1.54, 1.807) is 31.2 Å². The van der Waals surface area contributed by atoms with E-state index in [0.717, 1.165) is 6.42 Å². The second kappa shape index (κ2) is 7.65. The number of hydrogen-bond donors (Lipinski definition) is 2. The number of para-hydroxylation sites is 1. The van der Waals surface area contributed by atoms with Crippen molar-refractivity contribution in [3.05, 3.63) is 29.8 Å². The molecule has 0 heterocycles. The van der Waals surface area contributed by atoms with Gasteiger partial charge in [0.2, 0.25) is 5.91 Å². The molecule has 5 nitrogen and oxygen atoms in total. The Bertz CT molecular complexity index is 474. The van der Waals surface area contributed by atoms with Crippen molar-refractivity contribution in [2.75, 3.05) is 11.9 Å². The van der Waals surface area contributed by atoms with Gasteiger partial charge in [0.25, 0.3) is 0 Å². The zero-order valence-corrected chi connectivity index (χ0v) is 12.2. The summed E-state index contributed by atoms with van der Waals surface area (Å²) in [5.74, 6) is -0.679. The van der Waals surface area contributed by atoms with Gasteiger partial charge in [-0.25, -0.2) is 4.79 Å². The molecule has 1 aromatic rings. The van der Waals surface area contributed by atoms with Gasteiger partial charge in [0.05, 0.1) is 23.9 Å². The van der Waals surface area contributed by atoms with Crippen molar-refractivity contribution in [1.29, 1.82) is 0 Å². The molecule has 0 aromatic heterocycles. The lowest BCUT2D eigenvalue weighted by Gasteiger charge is -2.18. The van der Waals surface area contributed by atoms with Crippen LogP contribution in [-0.2, 0) is 9.53 Å². The van der Waals surface area contributed by atoms with Crippen molar-refractivity contribution in [2.45, 2.75) is 33.2 Å². The van der Waals surface area contributed by atoms with Crippen LogP contribution < -0.4 is 11.1 Å². The van der Waals surface area contributed by atoms with Crippen LogP contribution in [-0.4, -0.2) is 24.5 Å².